The van der Waals surface area contributed by atoms with Crippen molar-refractivity contribution in [3.63, 3.8) is 0 Å². The number of carboxylic acid groups (broad SMARTS) is 2. The Morgan fingerprint density at radius 1 is 1.07 bits per heavy atom. The Kier molecular flexibility index (Phi) is 11.0. The first-order chi connectivity index (χ1) is 6.51. The molecule has 0 aromatic rings. The third-order valence-corrected chi connectivity index (χ3v) is 1.44. The molecule has 0 aliphatic heterocycles. The van der Waals surface area contributed by atoms with Gasteiger partial charge in [-0.05, 0) is 6.42 Å². The van der Waals surface area contributed by atoms with Crippen molar-refractivity contribution < 1.29 is 19.8 Å². The molecule has 2 N–H and O–H groups in total. The molecule has 0 spiro atoms. The molecule has 4 nitrogen and oxygen atoms in total. The van der Waals surface area contributed by atoms with Crippen molar-refractivity contribution in [2.45, 2.75) is 46.5 Å². The van der Waals surface area contributed by atoms with E-state index in [0.717, 1.165) is 6.42 Å². The zero-order valence-electron chi connectivity index (χ0n) is 9.12. The lowest BCUT2D eigenvalue weighted by atomic mass is 10.0. The minimum absolute atomic E-state index is 0.223. The molecule has 0 unspecified atom stereocenters. The molecule has 0 amide bonds. The van der Waals surface area contributed by atoms with Crippen LogP contribution in [-0.4, -0.2) is 22.2 Å². The van der Waals surface area contributed by atoms with Gasteiger partial charge in [-0.15, -0.1) is 0 Å². The van der Waals surface area contributed by atoms with Gasteiger partial charge in [0.15, 0.2) is 5.92 Å². The van der Waals surface area contributed by atoms with Crippen LogP contribution in [0.5, 0.6) is 0 Å². The molecule has 0 saturated heterocycles. The maximum atomic E-state index is 10.3. The first-order valence-electron chi connectivity index (χ1n) is 4.96. The molecule has 0 aliphatic rings. The van der Waals surface area contributed by atoms with Gasteiger partial charge in [-0.25, -0.2) is 0 Å². The van der Waals surface area contributed by atoms with Crippen LogP contribution in [0.3, 0.4) is 0 Å². The topological polar surface area (TPSA) is 74.6 Å². The standard InChI is InChI=1S/C7H12O4.C3H8/c1-2-3-4-5(6(8)9)7(10)11;1-3-2/h5H,2-4H2,1H3,(H,8,9)(H,10,11);3H2,1-2H3. The molecule has 0 fully saturated rings. The van der Waals surface area contributed by atoms with Crippen molar-refractivity contribution in [3.05, 3.63) is 0 Å². The highest BCUT2D eigenvalue weighted by Crippen LogP contribution is 2.08. The molecule has 0 atom stereocenters. The third-order valence-electron chi connectivity index (χ3n) is 1.44. The fraction of sp³-hybridized carbons (Fsp3) is 0.800. The van der Waals surface area contributed by atoms with Crippen molar-refractivity contribution in [3.8, 4) is 0 Å². The van der Waals surface area contributed by atoms with Gasteiger partial charge >= 0.3 is 11.9 Å². The van der Waals surface area contributed by atoms with Crippen LogP contribution in [0.4, 0.5) is 0 Å². The summed E-state index contributed by atoms with van der Waals surface area (Å²) in [4.78, 5) is 20.5. The summed E-state index contributed by atoms with van der Waals surface area (Å²) in [5.41, 5.74) is 0. The third kappa shape index (κ3) is 9.03. The second-order valence-corrected chi connectivity index (χ2v) is 3.08. The lowest BCUT2D eigenvalue weighted by molar-refractivity contribution is -0.154. The molecule has 0 rings (SSSR count). The highest BCUT2D eigenvalue weighted by atomic mass is 16.4. The second kappa shape index (κ2) is 10.0. The largest absolute Gasteiger partial charge is 0.481 e. The van der Waals surface area contributed by atoms with Gasteiger partial charge in [0.25, 0.3) is 0 Å². The summed E-state index contributed by atoms with van der Waals surface area (Å²) in [5, 5.41) is 16.8. The van der Waals surface area contributed by atoms with Crippen LogP contribution in [0.1, 0.15) is 46.5 Å². The minimum atomic E-state index is -1.24. The Morgan fingerprint density at radius 3 is 1.64 bits per heavy atom. The SMILES string of the molecule is CCC.CCCCC(C(=O)O)C(=O)O. The van der Waals surface area contributed by atoms with E-state index in [1.807, 2.05) is 6.92 Å². The predicted octanol–water partition coefficient (Wildman–Crippen LogP) is 2.38. The Balaban J connectivity index is 0. The van der Waals surface area contributed by atoms with Crippen LogP contribution in [-0.2, 0) is 9.59 Å². The number of hydrogen-bond donors (Lipinski definition) is 2. The first kappa shape index (κ1) is 15.4. The van der Waals surface area contributed by atoms with E-state index < -0.39 is 17.9 Å². The van der Waals surface area contributed by atoms with Gasteiger partial charge in [-0.2, -0.15) is 0 Å². The Morgan fingerprint density at radius 2 is 1.43 bits per heavy atom. The molecular formula is C10H20O4. The van der Waals surface area contributed by atoms with Crippen molar-refractivity contribution in [1.29, 1.82) is 0 Å². The number of unbranched alkanes of at least 4 members (excludes halogenated alkanes) is 1. The normalized spacial score (nSPS) is 9.14. The van der Waals surface area contributed by atoms with E-state index in [1.165, 1.54) is 6.42 Å². The van der Waals surface area contributed by atoms with Gasteiger partial charge in [0.05, 0.1) is 0 Å². The number of rotatable bonds is 5. The zero-order chi connectivity index (χ0) is 11.6. The monoisotopic (exact) mass is 204 g/mol. The van der Waals surface area contributed by atoms with E-state index in [-0.39, 0.29) is 6.42 Å². The highest BCUT2D eigenvalue weighted by Gasteiger charge is 2.24. The van der Waals surface area contributed by atoms with E-state index in [9.17, 15) is 9.59 Å². The second-order valence-electron chi connectivity index (χ2n) is 3.08. The molecule has 84 valence electrons. The summed E-state index contributed by atoms with van der Waals surface area (Å²) in [6.45, 7) is 6.14. The number of aliphatic carboxylic acids is 2. The van der Waals surface area contributed by atoms with Crippen molar-refractivity contribution in [2.75, 3.05) is 0 Å². The molecule has 0 radical (unpaired) electrons. The number of hydrogen-bond acceptors (Lipinski definition) is 2. The van der Waals surface area contributed by atoms with Crippen LogP contribution in [0.25, 0.3) is 0 Å². The van der Waals surface area contributed by atoms with Gasteiger partial charge in [0, 0.05) is 0 Å². The molecule has 4 heteroatoms. The molecule has 0 heterocycles. The summed E-state index contributed by atoms with van der Waals surface area (Å²) in [5.74, 6) is -3.72. The van der Waals surface area contributed by atoms with E-state index in [0.29, 0.717) is 6.42 Å². The maximum Gasteiger partial charge on any atom is 0.317 e. The van der Waals surface area contributed by atoms with Crippen molar-refractivity contribution in [2.24, 2.45) is 5.92 Å². The van der Waals surface area contributed by atoms with Crippen LogP contribution in [0, 0.1) is 5.92 Å². The van der Waals surface area contributed by atoms with Crippen LogP contribution >= 0.6 is 0 Å². The van der Waals surface area contributed by atoms with Gasteiger partial charge < -0.3 is 10.2 Å². The van der Waals surface area contributed by atoms with Crippen LogP contribution in [0.15, 0.2) is 0 Å². The molecule has 0 saturated carbocycles. The predicted molar refractivity (Wildman–Crippen MR) is 54.3 cm³/mol. The molecule has 0 aromatic heterocycles. The lowest BCUT2D eigenvalue weighted by Crippen LogP contribution is -2.22. The average molecular weight is 204 g/mol. The Labute approximate surface area is 84.9 Å². The summed E-state index contributed by atoms with van der Waals surface area (Å²) < 4.78 is 0. The van der Waals surface area contributed by atoms with Crippen LogP contribution < -0.4 is 0 Å². The van der Waals surface area contributed by atoms with Gasteiger partial charge in [-0.1, -0.05) is 40.0 Å². The van der Waals surface area contributed by atoms with E-state index in [1.54, 1.807) is 0 Å². The quantitative estimate of drug-likeness (QED) is 0.674. The van der Waals surface area contributed by atoms with Crippen LogP contribution in [0.2, 0.25) is 0 Å². The summed E-state index contributed by atoms with van der Waals surface area (Å²) >= 11 is 0. The fourth-order valence-electron chi connectivity index (χ4n) is 0.761. The molecule has 14 heavy (non-hydrogen) atoms. The van der Waals surface area contributed by atoms with Crippen molar-refractivity contribution >= 4 is 11.9 Å². The van der Waals surface area contributed by atoms with Gasteiger partial charge in [0.2, 0.25) is 0 Å². The smallest absolute Gasteiger partial charge is 0.317 e. The maximum absolute atomic E-state index is 10.3. The Bertz CT molecular complexity index is 152. The number of carboxylic acids is 2. The lowest BCUT2D eigenvalue weighted by Gasteiger charge is -2.04. The average Bonchev–Trinajstić information content (AvgIpc) is 2.05. The summed E-state index contributed by atoms with van der Waals surface area (Å²) in [6.07, 6.45) is 2.93. The molecule has 0 aromatic carbocycles. The Hall–Kier alpha value is -1.06. The molecular weight excluding hydrogens is 184 g/mol. The van der Waals surface area contributed by atoms with Gasteiger partial charge in [0.1, 0.15) is 0 Å². The minimum Gasteiger partial charge on any atom is -0.481 e. The molecule has 0 aliphatic carbocycles. The van der Waals surface area contributed by atoms with E-state index in [4.69, 9.17) is 10.2 Å². The fourth-order valence-corrected chi connectivity index (χ4v) is 0.761. The molecule has 0 bridgehead atoms. The van der Waals surface area contributed by atoms with Crippen molar-refractivity contribution in [1.82, 2.24) is 0 Å². The van der Waals surface area contributed by atoms with E-state index in [2.05, 4.69) is 13.8 Å². The number of carbonyl (C=O) groups is 2. The summed E-state index contributed by atoms with van der Waals surface area (Å²) in [7, 11) is 0. The zero-order valence-corrected chi connectivity index (χ0v) is 9.12. The van der Waals surface area contributed by atoms with Gasteiger partial charge in [-0.3, -0.25) is 9.59 Å². The highest BCUT2D eigenvalue weighted by molar-refractivity contribution is 5.92. The summed E-state index contributed by atoms with van der Waals surface area (Å²) in [6, 6.07) is 0. The first-order valence-corrected chi connectivity index (χ1v) is 4.96. The van der Waals surface area contributed by atoms with E-state index >= 15 is 0 Å².